The van der Waals surface area contributed by atoms with E-state index in [1.165, 1.54) is 0 Å². The molecule has 0 aliphatic carbocycles. The molecule has 0 saturated heterocycles. The minimum absolute atomic E-state index is 0.420. The molecule has 3 aromatic rings. The number of imidazole rings is 1. The van der Waals surface area contributed by atoms with Crippen molar-refractivity contribution in [3.63, 3.8) is 0 Å². The van der Waals surface area contributed by atoms with Gasteiger partial charge in [-0.15, -0.1) is 10.2 Å². The van der Waals surface area contributed by atoms with Gasteiger partial charge in [0, 0.05) is 25.5 Å². The van der Waals surface area contributed by atoms with E-state index in [-0.39, 0.29) is 0 Å². The van der Waals surface area contributed by atoms with Crippen LogP contribution >= 0.6 is 0 Å². The second-order valence-electron chi connectivity index (χ2n) is 4.73. The minimum atomic E-state index is 0.420. The summed E-state index contributed by atoms with van der Waals surface area (Å²) in [6.07, 6.45) is 5.43. The fourth-order valence-corrected chi connectivity index (χ4v) is 2.37. The average Bonchev–Trinajstić information content (AvgIpc) is 3.19. The molecular weight excluding hydrogens is 258 g/mol. The lowest BCUT2D eigenvalue weighted by atomic mass is 10.3. The van der Waals surface area contributed by atoms with Gasteiger partial charge in [-0.3, -0.25) is 4.90 Å². The summed E-state index contributed by atoms with van der Waals surface area (Å²) < 4.78 is 13.0. The molecule has 4 rings (SSSR count). The Hall–Kier alpha value is -2.41. The third-order valence-corrected chi connectivity index (χ3v) is 3.38. The Kier molecular flexibility index (Phi) is 2.63. The number of rotatable bonds is 3. The molecule has 0 N–H and O–H groups in total. The van der Waals surface area contributed by atoms with Gasteiger partial charge in [-0.25, -0.2) is 4.98 Å². The summed E-state index contributed by atoms with van der Waals surface area (Å²) >= 11 is 0. The van der Waals surface area contributed by atoms with Crippen molar-refractivity contribution in [3.8, 4) is 11.7 Å². The Labute approximate surface area is 114 Å². The molecular formula is C13H13N5O2. The van der Waals surface area contributed by atoms with E-state index in [4.69, 9.17) is 8.83 Å². The van der Waals surface area contributed by atoms with Gasteiger partial charge >= 0.3 is 0 Å². The topological polar surface area (TPSA) is 73.1 Å². The van der Waals surface area contributed by atoms with E-state index in [1.807, 2.05) is 12.4 Å². The molecule has 1 aliphatic heterocycles. The highest BCUT2D eigenvalue weighted by atomic mass is 16.4. The molecule has 7 nitrogen and oxygen atoms in total. The predicted molar refractivity (Wildman–Crippen MR) is 68.3 cm³/mol. The summed E-state index contributed by atoms with van der Waals surface area (Å²) in [4.78, 5) is 6.57. The van der Waals surface area contributed by atoms with Crippen LogP contribution in [0.4, 0.5) is 0 Å². The van der Waals surface area contributed by atoms with E-state index in [9.17, 15) is 0 Å². The average molecular weight is 271 g/mol. The molecule has 7 heteroatoms. The highest BCUT2D eigenvalue weighted by Gasteiger charge is 2.19. The van der Waals surface area contributed by atoms with Crippen LogP contribution in [0.2, 0.25) is 0 Å². The first kappa shape index (κ1) is 11.4. The molecule has 0 fully saturated rings. The zero-order valence-electron chi connectivity index (χ0n) is 10.8. The smallest absolute Gasteiger partial charge is 0.283 e. The molecule has 102 valence electrons. The van der Waals surface area contributed by atoms with Crippen LogP contribution in [0.25, 0.3) is 11.7 Å². The highest BCUT2D eigenvalue weighted by Crippen LogP contribution is 2.19. The molecule has 0 saturated carbocycles. The van der Waals surface area contributed by atoms with E-state index < -0.39 is 0 Å². The van der Waals surface area contributed by atoms with Gasteiger partial charge in [0.05, 0.1) is 19.4 Å². The van der Waals surface area contributed by atoms with Crippen LogP contribution in [0.15, 0.2) is 39.6 Å². The van der Waals surface area contributed by atoms with E-state index in [2.05, 4.69) is 24.6 Å². The Balaban J connectivity index is 1.48. The Morgan fingerprint density at radius 1 is 1.25 bits per heavy atom. The molecule has 20 heavy (non-hydrogen) atoms. The summed E-state index contributed by atoms with van der Waals surface area (Å²) in [5.41, 5.74) is 0. The van der Waals surface area contributed by atoms with Crippen molar-refractivity contribution in [3.05, 3.63) is 42.5 Å². The Morgan fingerprint density at radius 3 is 3.15 bits per heavy atom. The largest absolute Gasteiger partial charge is 0.459 e. The monoisotopic (exact) mass is 271 g/mol. The second-order valence-corrected chi connectivity index (χ2v) is 4.73. The number of nitrogens with zero attached hydrogens (tertiary/aromatic N) is 5. The summed E-state index contributed by atoms with van der Waals surface area (Å²) in [5, 5.41) is 8.06. The van der Waals surface area contributed by atoms with Crippen LogP contribution in [0, 0.1) is 0 Å². The van der Waals surface area contributed by atoms with Gasteiger partial charge in [0.1, 0.15) is 5.82 Å². The van der Waals surface area contributed by atoms with Gasteiger partial charge in [-0.05, 0) is 12.1 Å². The van der Waals surface area contributed by atoms with Crippen molar-refractivity contribution in [2.24, 2.45) is 0 Å². The summed E-state index contributed by atoms with van der Waals surface area (Å²) in [6.45, 7) is 3.31. The lowest BCUT2D eigenvalue weighted by Crippen LogP contribution is -2.33. The first-order valence-corrected chi connectivity index (χ1v) is 6.47. The van der Waals surface area contributed by atoms with Gasteiger partial charge in [-0.2, -0.15) is 0 Å². The zero-order chi connectivity index (χ0) is 13.4. The molecule has 0 aromatic carbocycles. The minimum Gasteiger partial charge on any atom is -0.459 e. The molecule has 0 amide bonds. The lowest BCUT2D eigenvalue weighted by molar-refractivity contribution is 0.190. The maximum Gasteiger partial charge on any atom is 0.283 e. The molecule has 0 bridgehead atoms. The van der Waals surface area contributed by atoms with Crippen LogP contribution in [0.1, 0.15) is 11.7 Å². The third-order valence-electron chi connectivity index (χ3n) is 3.38. The fourth-order valence-electron chi connectivity index (χ4n) is 2.37. The van der Waals surface area contributed by atoms with Gasteiger partial charge in [0.15, 0.2) is 5.76 Å². The molecule has 4 heterocycles. The normalized spacial score (nSPS) is 15.4. The molecule has 0 spiro atoms. The Bertz CT molecular complexity index is 700. The molecule has 0 unspecified atom stereocenters. The summed E-state index contributed by atoms with van der Waals surface area (Å²) in [6, 6.07) is 3.60. The molecule has 3 aromatic heterocycles. The molecule has 0 radical (unpaired) electrons. The SMILES string of the molecule is c1coc(-c2nnc(CN3CCn4ccnc4C3)o2)c1. The number of aromatic nitrogens is 4. The maximum absolute atomic E-state index is 5.62. The standard InChI is InChI=1S/C13H13N5O2/c1-2-10(19-7-1)13-16-15-12(20-13)9-17-5-6-18-4-3-14-11(18)8-17/h1-4,7H,5-6,8-9H2. The third kappa shape index (κ3) is 2.01. The summed E-state index contributed by atoms with van der Waals surface area (Å²) in [7, 11) is 0. The zero-order valence-corrected chi connectivity index (χ0v) is 10.8. The number of hydrogen-bond donors (Lipinski definition) is 0. The summed E-state index contributed by atoms with van der Waals surface area (Å²) in [5.74, 6) is 2.68. The van der Waals surface area contributed by atoms with E-state index in [1.54, 1.807) is 18.4 Å². The van der Waals surface area contributed by atoms with Crippen molar-refractivity contribution in [2.45, 2.75) is 19.6 Å². The second kappa shape index (κ2) is 4.61. The van der Waals surface area contributed by atoms with Crippen molar-refractivity contribution >= 4 is 0 Å². The molecule has 1 aliphatic rings. The van der Waals surface area contributed by atoms with Gasteiger partial charge < -0.3 is 13.4 Å². The first-order chi connectivity index (χ1) is 9.88. The van der Waals surface area contributed by atoms with Gasteiger partial charge in [0.25, 0.3) is 5.89 Å². The quantitative estimate of drug-likeness (QED) is 0.719. The van der Waals surface area contributed by atoms with Gasteiger partial charge in [0.2, 0.25) is 5.89 Å². The van der Waals surface area contributed by atoms with Crippen molar-refractivity contribution in [1.29, 1.82) is 0 Å². The van der Waals surface area contributed by atoms with Crippen molar-refractivity contribution in [1.82, 2.24) is 24.6 Å². The van der Waals surface area contributed by atoms with E-state index >= 15 is 0 Å². The fraction of sp³-hybridized carbons (Fsp3) is 0.308. The number of fused-ring (bicyclic) bond motifs is 1. The van der Waals surface area contributed by atoms with E-state index in [0.29, 0.717) is 24.1 Å². The van der Waals surface area contributed by atoms with Crippen LogP contribution in [0.5, 0.6) is 0 Å². The van der Waals surface area contributed by atoms with E-state index in [0.717, 1.165) is 25.5 Å². The van der Waals surface area contributed by atoms with Crippen molar-refractivity contribution in [2.75, 3.05) is 6.54 Å². The van der Waals surface area contributed by atoms with Crippen LogP contribution in [-0.2, 0) is 19.6 Å². The van der Waals surface area contributed by atoms with Crippen molar-refractivity contribution < 1.29 is 8.83 Å². The predicted octanol–water partition coefficient (Wildman–Crippen LogP) is 1.54. The lowest BCUT2D eigenvalue weighted by Gasteiger charge is -2.25. The van der Waals surface area contributed by atoms with Crippen LogP contribution in [0.3, 0.4) is 0 Å². The molecule has 0 atom stereocenters. The van der Waals surface area contributed by atoms with Gasteiger partial charge in [-0.1, -0.05) is 0 Å². The number of hydrogen-bond acceptors (Lipinski definition) is 6. The highest BCUT2D eigenvalue weighted by molar-refractivity contribution is 5.42. The van der Waals surface area contributed by atoms with Crippen LogP contribution < -0.4 is 0 Å². The maximum atomic E-state index is 5.62. The Morgan fingerprint density at radius 2 is 2.25 bits per heavy atom. The number of furan rings is 1. The first-order valence-electron chi connectivity index (χ1n) is 6.47. The van der Waals surface area contributed by atoms with Crippen LogP contribution in [-0.4, -0.2) is 31.2 Å².